The van der Waals surface area contributed by atoms with Gasteiger partial charge in [-0.15, -0.1) is 0 Å². The number of H-pyrrole nitrogens is 1. The molecule has 1 aromatic heterocycles. The van der Waals surface area contributed by atoms with E-state index in [1.54, 1.807) is 6.07 Å². The first-order valence-electron chi connectivity index (χ1n) is 6.50. The number of aromatic amines is 1. The normalized spacial score (nSPS) is 16.9. The van der Waals surface area contributed by atoms with Crippen LogP contribution in [0.25, 0.3) is 10.9 Å². The summed E-state index contributed by atoms with van der Waals surface area (Å²) >= 11 is 0. The van der Waals surface area contributed by atoms with Crippen LogP contribution in [0.5, 0.6) is 0 Å². The molecule has 1 aliphatic heterocycles. The predicted octanol–water partition coefficient (Wildman–Crippen LogP) is 1.35. The maximum absolute atomic E-state index is 12.6. The summed E-state index contributed by atoms with van der Waals surface area (Å²) < 4.78 is 6.64. The van der Waals surface area contributed by atoms with E-state index in [0.717, 1.165) is 5.56 Å². The van der Waals surface area contributed by atoms with E-state index in [1.807, 2.05) is 19.1 Å². The highest BCUT2D eigenvalue weighted by atomic mass is 16.5. The van der Waals surface area contributed by atoms with Gasteiger partial charge in [0.2, 0.25) is 0 Å². The van der Waals surface area contributed by atoms with Crippen molar-refractivity contribution in [1.82, 2.24) is 9.55 Å². The topological polar surface area (TPSA) is 64.1 Å². The third-order valence-corrected chi connectivity index (χ3v) is 3.72. The molecule has 0 bridgehead atoms. The van der Waals surface area contributed by atoms with E-state index in [4.69, 9.17) is 4.74 Å². The standard InChI is InChI=1S/C14H16N2O3/c1-9-3-2-4-11-12(9)13(17)16(14(18)15-11)10-5-7-19-8-6-10/h2-4,10H,5-8H2,1H3,(H,15,18). The fourth-order valence-corrected chi connectivity index (χ4v) is 2.72. The fourth-order valence-electron chi connectivity index (χ4n) is 2.72. The molecule has 2 aromatic rings. The number of rotatable bonds is 1. The van der Waals surface area contributed by atoms with Crippen LogP contribution in [0.15, 0.2) is 27.8 Å². The van der Waals surface area contributed by atoms with Gasteiger partial charge in [-0.25, -0.2) is 4.79 Å². The summed E-state index contributed by atoms with van der Waals surface area (Å²) in [5, 5.41) is 0.605. The number of nitrogens with zero attached hydrogens (tertiary/aromatic N) is 1. The lowest BCUT2D eigenvalue weighted by Gasteiger charge is -2.23. The zero-order valence-corrected chi connectivity index (χ0v) is 10.8. The van der Waals surface area contributed by atoms with Crippen molar-refractivity contribution in [3.63, 3.8) is 0 Å². The fraction of sp³-hybridized carbons (Fsp3) is 0.429. The van der Waals surface area contributed by atoms with Crippen LogP contribution in [0, 0.1) is 6.92 Å². The van der Waals surface area contributed by atoms with Crippen LogP contribution in [0.2, 0.25) is 0 Å². The number of nitrogens with one attached hydrogen (secondary N) is 1. The Bertz CT molecular complexity index is 724. The van der Waals surface area contributed by atoms with Crippen molar-refractivity contribution in [2.75, 3.05) is 13.2 Å². The maximum Gasteiger partial charge on any atom is 0.329 e. The molecule has 1 N–H and O–H groups in total. The lowest BCUT2D eigenvalue weighted by atomic mass is 10.1. The van der Waals surface area contributed by atoms with Gasteiger partial charge in [-0.1, -0.05) is 12.1 Å². The summed E-state index contributed by atoms with van der Waals surface area (Å²) in [5.74, 6) is 0. The smallest absolute Gasteiger partial charge is 0.329 e. The Kier molecular flexibility index (Phi) is 2.98. The zero-order chi connectivity index (χ0) is 13.4. The van der Waals surface area contributed by atoms with Crippen molar-refractivity contribution in [1.29, 1.82) is 0 Å². The van der Waals surface area contributed by atoms with Gasteiger partial charge in [-0.3, -0.25) is 9.36 Å². The molecule has 1 saturated heterocycles. The molecule has 0 atom stereocenters. The van der Waals surface area contributed by atoms with Crippen LogP contribution in [0.3, 0.4) is 0 Å². The van der Waals surface area contributed by atoms with Gasteiger partial charge in [0, 0.05) is 19.3 Å². The minimum atomic E-state index is -0.324. The molecule has 0 spiro atoms. The molecule has 1 fully saturated rings. The Morgan fingerprint density at radius 2 is 2.00 bits per heavy atom. The van der Waals surface area contributed by atoms with Gasteiger partial charge in [0.1, 0.15) is 0 Å². The highest BCUT2D eigenvalue weighted by Crippen LogP contribution is 2.18. The van der Waals surface area contributed by atoms with Crippen molar-refractivity contribution in [3.05, 3.63) is 44.6 Å². The number of ether oxygens (including phenoxy) is 1. The highest BCUT2D eigenvalue weighted by Gasteiger charge is 2.20. The highest BCUT2D eigenvalue weighted by molar-refractivity contribution is 5.80. The summed E-state index contributed by atoms with van der Waals surface area (Å²) in [6, 6.07) is 5.43. The first-order valence-corrected chi connectivity index (χ1v) is 6.50. The molecule has 100 valence electrons. The second kappa shape index (κ2) is 4.66. The third kappa shape index (κ3) is 2.00. The molecule has 3 rings (SSSR count). The Morgan fingerprint density at radius 3 is 2.74 bits per heavy atom. The van der Waals surface area contributed by atoms with E-state index in [9.17, 15) is 9.59 Å². The first kappa shape index (κ1) is 12.2. The van der Waals surface area contributed by atoms with Gasteiger partial charge in [-0.05, 0) is 31.4 Å². The molecule has 5 heteroatoms. The number of benzene rings is 1. The first-order chi connectivity index (χ1) is 9.18. The number of aromatic nitrogens is 2. The lowest BCUT2D eigenvalue weighted by molar-refractivity contribution is 0.0676. The van der Waals surface area contributed by atoms with Crippen molar-refractivity contribution >= 4 is 10.9 Å². The van der Waals surface area contributed by atoms with Crippen LogP contribution < -0.4 is 11.2 Å². The number of hydrogen-bond acceptors (Lipinski definition) is 3. The van der Waals surface area contributed by atoms with Crippen molar-refractivity contribution < 1.29 is 4.74 Å². The molecule has 0 saturated carbocycles. The molecule has 19 heavy (non-hydrogen) atoms. The summed E-state index contributed by atoms with van der Waals surface area (Å²) in [6.45, 7) is 3.08. The van der Waals surface area contributed by atoms with Crippen LogP contribution in [0.1, 0.15) is 24.4 Å². The Morgan fingerprint density at radius 1 is 1.26 bits per heavy atom. The van der Waals surface area contributed by atoms with Gasteiger partial charge < -0.3 is 9.72 Å². The maximum atomic E-state index is 12.6. The minimum Gasteiger partial charge on any atom is -0.381 e. The van der Waals surface area contributed by atoms with Gasteiger partial charge in [-0.2, -0.15) is 0 Å². The zero-order valence-electron chi connectivity index (χ0n) is 10.8. The molecule has 1 aromatic carbocycles. The summed E-state index contributed by atoms with van der Waals surface area (Å²) in [6.07, 6.45) is 1.42. The minimum absolute atomic E-state index is 0.0611. The Hall–Kier alpha value is -1.88. The van der Waals surface area contributed by atoms with Crippen LogP contribution in [0.4, 0.5) is 0 Å². The SMILES string of the molecule is Cc1cccc2[nH]c(=O)n(C3CCOCC3)c(=O)c12. The Labute approximate surface area is 109 Å². The third-order valence-electron chi connectivity index (χ3n) is 3.72. The van der Waals surface area contributed by atoms with E-state index < -0.39 is 0 Å². The molecule has 5 nitrogen and oxygen atoms in total. The molecular weight excluding hydrogens is 244 g/mol. The van der Waals surface area contributed by atoms with E-state index >= 15 is 0 Å². The molecule has 0 amide bonds. The predicted molar refractivity (Wildman–Crippen MR) is 72.7 cm³/mol. The summed E-state index contributed by atoms with van der Waals surface area (Å²) in [7, 11) is 0. The number of hydrogen-bond donors (Lipinski definition) is 1. The molecule has 0 unspecified atom stereocenters. The molecule has 2 heterocycles. The summed E-state index contributed by atoms with van der Waals surface area (Å²) in [4.78, 5) is 27.5. The van der Waals surface area contributed by atoms with Crippen molar-refractivity contribution in [2.45, 2.75) is 25.8 Å². The molecule has 0 aliphatic carbocycles. The van der Waals surface area contributed by atoms with Crippen molar-refractivity contribution in [3.8, 4) is 0 Å². The van der Waals surface area contributed by atoms with E-state index in [-0.39, 0.29) is 17.3 Å². The van der Waals surface area contributed by atoms with Crippen LogP contribution in [-0.2, 0) is 4.74 Å². The van der Waals surface area contributed by atoms with Crippen LogP contribution >= 0.6 is 0 Å². The van der Waals surface area contributed by atoms with Gasteiger partial charge in [0.15, 0.2) is 0 Å². The quantitative estimate of drug-likeness (QED) is 0.841. The lowest BCUT2D eigenvalue weighted by Crippen LogP contribution is -2.40. The van der Waals surface area contributed by atoms with E-state index in [0.29, 0.717) is 37.0 Å². The van der Waals surface area contributed by atoms with Gasteiger partial charge >= 0.3 is 5.69 Å². The van der Waals surface area contributed by atoms with Crippen LogP contribution in [-0.4, -0.2) is 22.8 Å². The monoisotopic (exact) mass is 260 g/mol. The van der Waals surface area contributed by atoms with E-state index in [1.165, 1.54) is 4.57 Å². The largest absolute Gasteiger partial charge is 0.381 e. The number of fused-ring (bicyclic) bond motifs is 1. The second-order valence-electron chi connectivity index (χ2n) is 4.95. The average Bonchev–Trinajstić information content (AvgIpc) is 2.39. The average molecular weight is 260 g/mol. The number of aryl methyl sites for hydroxylation is 1. The molecule has 1 aliphatic rings. The summed E-state index contributed by atoms with van der Waals surface area (Å²) in [5.41, 5.74) is 0.983. The Balaban J connectivity index is 2.27. The molecular formula is C14H16N2O3. The van der Waals surface area contributed by atoms with Gasteiger partial charge in [0.05, 0.1) is 10.9 Å². The van der Waals surface area contributed by atoms with Gasteiger partial charge in [0.25, 0.3) is 5.56 Å². The second-order valence-corrected chi connectivity index (χ2v) is 4.95. The van der Waals surface area contributed by atoms with Crippen molar-refractivity contribution in [2.24, 2.45) is 0 Å². The molecule has 0 radical (unpaired) electrons. The van der Waals surface area contributed by atoms with E-state index in [2.05, 4.69) is 4.98 Å².